The zero-order valence-electron chi connectivity index (χ0n) is 11.9. The lowest BCUT2D eigenvalue weighted by atomic mass is 10.0. The monoisotopic (exact) mass is 278 g/mol. The Balaban J connectivity index is 2.45. The molecule has 0 fully saturated rings. The third-order valence-electron chi connectivity index (χ3n) is 3.16. The van der Waals surface area contributed by atoms with Crippen LogP contribution in [0.4, 0.5) is 0 Å². The summed E-state index contributed by atoms with van der Waals surface area (Å²) in [5.74, 6) is -1.45. The molecule has 0 aromatic heterocycles. The molecule has 1 aromatic carbocycles. The molecule has 0 aliphatic heterocycles. The number of carbonyl (C=O) groups excluding carboxylic acids is 1. The Labute approximate surface area is 119 Å². The van der Waals surface area contributed by atoms with Crippen molar-refractivity contribution < 1.29 is 14.7 Å². The van der Waals surface area contributed by atoms with Crippen molar-refractivity contribution in [2.45, 2.75) is 38.8 Å². The molecule has 0 aliphatic rings. The summed E-state index contributed by atoms with van der Waals surface area (Å²) in [5.41, 5.74) is 6.97. The van der Waals surface area contributed by atoms with Crippen LogP contribution in [0.15, 0.2) is 30.3 Å². The maximum absolute atomic E-state index is 11.8. The Morgan fingerprint density at radius 1 is 1.25 bits per heavy atom. The van der Waals surface area contributed by atoms with E-state index in [4.69, 9.17) is 10.8 Å². The summed E-state index contributed by atoms with van der Waals surface area (Å²) >= 11 is 0. The lowest BCUT2D eigenvalue weighted by Crippen LogP contribution is -2.44. The molecule has 1 aromatic rings. The van der Waals surface area contributed by atoms with Crippen LogP contribution in [0.5, 0.6) is 0 Å². The zero-order chi connectivity index (χ0) is 15.1. The maximum atomic E-state index is 11.8. The SMILES string of the molecule is CC(C)[C@@H](NC(=O)CCC(N)c1ccccc1)C(=O)O. The van der Waals surface area contributed by atoms with E-state index in [1.807, 2.05) is 30.3 Å². The molecule has 1 rings (SSSR count). The van der Waals surface area contributed by atoms with Gasteiger partial charge >= 0.3 is 5.97 Å². The second-order valence-corrected chi connectivity index (χ2v) is 5.18. The molecule has 0 radical (unpaired) electrons. The van der Waals surface area contributed by atoms with Gasteiger partial charge in [-0.05, 0) is 17.9 Å². The Bertz CT molecular complexity index is 446. The minimum absolute atomic E-state index is 0.153. The van der Waals surface area contributed by atoms with E-state index in [1.54, 1.807) is 13.8 Å². The first-order valence-corrected chi connectivity index (χ1v) is 6.74. The Hall–Kier alpha value is -1.88. The van der Waals surface area contributed by atoms with Crippen molar-refractivity contribution in [2.24, 2.45) is 11.7 Å². The molecule has 0 bridgehead atoms. The number of hydrogen-bond acceptors (Lipinski definition) is 3. The first-order valence-electron chi connectivity index (χ1n) is 6.74. The molecule has 0 spiro atoms. The molecule has 0 aliphatic carbocycles. The van der Waals surface area contributed by atoms with Crippen LogP contribution in [-0.4, -0.2) is 23.0 Å². The van der Waals surface area contributed by atoms with Crippen molar-refractivity contribution in [1.82, 2.24) is 5.32 Å². The number of carboxylic acid groups (broad SMARTS) is 1. The number of amides is 1. The molecule has 2 atom stereocenters. The third-order valence-corrected chi connectivity index (χ3v) is 3.16. The van der Waals surface area contributed by atoms with Gasteiger partial charge in [-0.15, -0.1) is 0 Å². The van der Waals surface area contributed by atoms with Gasteiger partial charge in [0.15, 0.2) is 0 Å². The number of carboxylic acids is 1. The van der Waals surface area contributed by atoms with Crippen molar-refractivity contribution in [3.63, 3.8) is 0 Å². The summed E-state index contributed by atoms with van der Waals surface area (Å²) in [4.78, 5) is 22.8. The average Bonchev–Trinajstić information content (AvgIpc) is 2.42. The molecule has 5 nitrogen and oxygen atoms in total. The third kappa shape index (κ3) is 5.01. The number of aliphatic carboxylic acids is 1. The first-order chi connectivity index (χ1) is 9.41. The van der Waals surface area contributed by atoms with Gasteiger partial charge in [-0.25, -0.2) is 4.79 Å². The summed E-state index contributed by atoms with van der Waals surface area (Å²) in [6.45, 7) is 3.52. The average molecular weight is 278 g/mol. The van der Waals surface area contributed by atoms with Gasteiger partial charge in [-0.1, -0.05) is 44.2 Å². The second-order valence-electron chi connectivity index (χ2n) is 5.18. The van der Waals surface area contributed by atoms with Crippen LogP contribution >= 0.6 is 0 Å². The van der Waals surface area contributed by atoms with Crippen LogP contribution in [0, 0.1) is 5.92 Å². The van der Waals surface area contributed by atoms with E-state index in [9.17, 15) is 9.59 Å². The van der Waals surface area contributed by atoms with Crippen molar-refractivity contribution in [3.05, 3.63) is 35.9 Å². The topological polar surface area (TPSA) is 92.4 Å². The van der Waals surface area contributed by atoms with Crippen molar-refractivity contribution in [3.8, 4) is 0 Å². The molecule has 4 N–H and O–H groups in total. The Morgan fingerprint density at radius 2 is 1.85 bits per heavy atom. The van der Waals surface area contributed by atoms with E-state index < -0.39 is 12.0 Å². The molecule has 0 heterocycles. The van der Waals surface area contributed by atoms with Crippen LogP contribution in [0.1, 0.15) is 38.3 Å². The highest BCUT2D eigenvalue weighted by molar-refractivity contribution is 5.83. The number of hydrogen-bond donors (Lipinski definition) is 3. The minimum Gasteiger partial charge on any atom is -0.480 e. The van der Waals surface area contributed by atoms with E-state index in [0.717, 1.165) is 5.56 Å². The number of carbonyl (C=O) groups is 2. The standard InChI is InChI=1S/C15H22N2O3/c1-10(2)14(15(19)20)17-13(18)9-8-12(16)11-6-4-3-5-7-11/h3-7,10,12,14H,8-9,16H2,1-2H3,(H,17,18)(H,19,20)/t12?,14-/m1/s1. The molecular formula is C15H22N2O3. The van der Waals surface area contributed by atoms with Crippen LogP contribution in [0.25, 0.3) is 0 Å². The fourth-order valence-corrected chi connectivity index (χ4v) is 1.91. The fraction of sp³-hybridized carbons (Fsp3) is 0.467. The quantitative estimate of drug-likeness (QED) is 0.707. The van der Waals surface area contributed by atoms with Crippen LogP contribution < -0.4 is 11.1 Å². The fourth-order valence-electron chi connectivity index (χ4n) is 1.91. The molecule has 0 saturated heterocycles. The van der Waals surface area contributed by atoms with Gasteiger partial charge in [0.05, 0.1) is 0 Å². The van der Waals surface area contributed by atoms with Gasteiger partial charge in [0, 0.05) is 12.5 Å². The lowest BCUT2D eigenvalue weighted by Gasteiger charge is -2.18. The van der Waals surface area contributed by atoms with Gasteiger partial charge in [0.1, 0.15) is 6.04 Å². The molecule has 0 saturated carbocycles. The van der Waals surface area contributed by atoms with E-state index in [2.05, 4.69) is 5.32 Å². The maximum Gasteiger partial charge on any atom is 0.326 e. The number of nitrogens with one attached hydrogen (secondary N) is 1. The largest absolute Gasteiger partial charge is 0.480 e. The van der Waals surface area contributed by atoms with Crippen molar-refractivity contribution in [2.75, 3.05) is 0 Å². The van der Waals surface area contributed by atoms with Gasteiger partial charge in [0.25, 0.3) is 0 Å². The lowest BCUT2D eigenvalue weighted by molar-refractivity contribution is -0.143. The van der Waals surface area contributed by atoms with E-state index >= 15 is 0 Å². The Kier molecular flexibility index (Phi) is 6.18. The number of nitrogens with two attached hydrogens (primary N) is 1. The normalized spacial score (nSPS) is 13.8. The molecule has 110 valence electrons. The summed E-state index contributed by atoms with van der Waals surface area (Å²) in [6.07, 6.45) is 0.701. The highest BCUT2D eigenvalue weighted by Crippen LogP contribution is 2.15. The predicted molar refractivity (Wildman–Crippen MR) is 77.0 cm³/mol. The van der Waals surface area contributed by atoms with E-state index in [0.29, 0.717) is 6.42 Å². The van der Waals surface area contributed by atoms with Gasteiger partial charge in [-0.2, -0.15) is 0 Å². The summed E-state index contributed by atoms with van der Waals surface area (Å²) in [5, 5.41) is 11.5. The molecular weight excluding hydrogens is 256 g/mol. The molecule has 20 heavy (non-hydrogen) atoms. The highest BCUT2D eigenvalue weighted by Gasteiger charge is 2.23. The van der Waals surface area contributed by atoms with Gasteiger partial charge in [0.2, 0.25) is 5.91 Å². The number of benzene rings is 1. The van der Waals surface area contributed by atoms with Gasteiger partial charge in [-0.3, -0.25) is 4.79 Å². The molecule has 1 unspecified atom stereocenters. The minimum atomic E-state index is -1.01. The van der Waals surface area contributed by atoms with Crippen molar-refractivity contribution >= 4 is 11.9 Å². The smallest absolute Gasteiger partial charge is 0.326 e. The van der Waals surface area contributed by atoms with Crippen LogP contribution in [-0.2, 0) is 9.59 Å². The van der Waals surface area contributed by atoms with Gasteiger partial charge < -0.3 is 16.2 Å². The predicted octanol–water partition coefficient (Wildman–Crippen LogP) is 1.69. The van der Waals surface area contributed by atoms with Crippen molar-refractivity contribution in [1.29, 1.82) is 0 Å². The highest BCUT2D eigenvalue weighted by atomic mass is 16.4. The summed E-state index contributed by atoms with van der Waals surface area (Å²) < 4.78 is 0. The van der Waals surface area contributed by atoms with Crippen LogP contribution in [0.2, 0.25) is 0 Å². The van der Waals surface area contributed by atoms with Crippen LogP contribution in [0.3, 0.4) is 0 Å². The Morgan fingerprint density at radius 3 is 2.35 bits per heavy atom. The first kappa shape index (κ1) is 16.2. The molecule has 5 heteroatoms. The van der Waals surface area contributed by atoms with E-state index in [1.165, 1.54) is 0 Å². The second kappa shape index (κ2) is 7.65. The zero-order valence-corrected chi connectivity index (χ0v) is 11.9. The summed E-state index contributed by atoms with van der Waals surface area (Å²) in [7, 11) is 0. The number of rotatable bonds is 7. The van der Waals surface area contributed by atoms with E-state index in [-0.39, 0.29) is 24.3 Å². The molecule has 1 amide bonds. The summed E-state index contributed by atoms with van der Waals surface area (Å²) in [6, 6.07) is 8.46.